The molecule has 0 heterocycles. The van der Waals surface area contributed by atoms with Gasteiger partial charge in [0.1, 0.15) is 0 Å². The van der Waals surface area contributed by atoms with E-state index >= 15 is 0 Å². The SMILES string of the molecule is C.C1CCCCCCC1.F. The van der Waals surface area contributed by atoms with E-state index in [4.69, 9.17) is 0 Å². The Labute approximate surface area is 64.4 Å². The van der Waals surface area contributed by atoms with Crippen molar-refractivity contribution in [3.8, 4) is 0 Å². The van der Waals surface area contributed by atoms with Gasteiger partial charge in [-0.3, -0.25) is 4.70 Å². The van der Waals surface area contributed by atoms with E-state index in [1.54, 1.807) is 0 Å². The molecule has 0 radical (unpaired) electrons. The second-order valence-corrected chi connectivity index (χ2v) is 2.83. The zero-order valence-corrected chi connectivity index (χ0v) is 6.07. The first-order valence-electron chi connectivity index (χ1n) is 4.00. The van der Waals surface area contributed by atoms with E-state index in [1.807, 2.05) is 0 Å². The number of hydrogen-bond acceptors (Lipinski definition) is 0. The standard InChI is InChI=1S/C8H16.CH4.FH/c1-2-4-6-8-7-5-3-1;;/h1-8H2;1H4;1H. The second-order valence-electron chi connectivity index (χ2n) is 2.83. The van der Waals surface area contributed by atoms with Crippen LogP contribution in [0.4, 0.5) is 4.70 Å². The van der Waals surface area contributed by atoms with Gasteiger partial charge in [-0.2, -0.15) is 0 Å². The Morgan fingerprint density at radius 2 is 0.500 bits per heavy atom. The Balaban J connectivity index is 0. The molecule has 0 unspecified atom stereocenters. The third-order valence-electron chi connectivity index (χ3n) is 2.00. The summed E-state index contributed by atoms with van der Waals surface area (Å²) >= 11 is 0. The van der Waals surface area contributed by atoms with Gasteiger partial charge >= 0.3 is 0 Å². The summed E-state index contributed by atoms with van der Waals surface area (Å²) in [5, 5.41) is 0. The summed E-state index contributed by atoms with van der Waals surface area (Å²) in [6.07, 6.45) is 12.0. The number of rotatable bonds is 0. The highest BCUT2D eigenvalue weighted by Crippen LogP contribution is 2.15. The summed E-state index contributed by atoms with van der Waals surface area (Å²) < 4.78 is 0. The van der Waals surface area contributed by atoms with Crippen molar-refractivity contribution in [3.63, 3.8) is 0 Å². The van der Waals surface area contributed by atoms with Crippen LogP contribution < -0.4 is 0 Å². The molecule has 64 valence electrons. The summed E-state index contributed by atoms with van der Waals surface area (Å²) in [6, 6.07) is 0. The van der Waals surface area contributed by atoms with Crippen LogP contribution in [0, 0.1) is 0 Å². The van der Waals surface area contributed by atoms with Crippen LogP contribution in [0.15, 0.2) is 0 Å². The molecule has 1 fully saturated rings. The normalized spacial score (nSPS) is 19.2. The molecule has 0 aliphatic heterocycles. The fourth-order valence-corrected chi connectivity index (χ4v) is 1.41. The van der Waals surface area contributed by atoms with Crippen LogP contribution in [-0.2, 0) is 0 Å². The summed E-state index contributed by atoms with van der Waals surface area (Å²) in [5.41, 5.74) is 0. The minimum atomic E-state index is 0. The first kappa shape index (κ1) is 12.6. The van der Waals surface area contributed by atoms with Crippen LogP contribution in [0.2, 0.25) is 0 Å². The van der Waals surface area contributed by atoms with Crippen molar-refractivity contribution >= 4 is 0 Å². The predicted octanol–water partition coefficient (Wildman–Crippen LogP) is 3.91. The maximum Gasteiger partial charge on any atom is -0.0533 e. The molecule has 0 bridgehead atoms. The van der Waals surface area contributed by atoms with Crippen molar-refractivity contribution in [2.24, 2.45) is 0 Å². The van der Waals surface area contributed by atoms with E-state index < -0.39 is 0 Å². The van der Waals surface area contributed by atoms with Gasteiger partial charge in [-0.15, -0.1) is 0 Å². The minimum Gasteiger partial charge on any atom is -0.269 e. The molecule has 1 saturated carbocycles. The number of hydrogen-bond donors (Lipinski definition) is 0. The highest BCUT2D eigenvalue weighted by molar-refractivity contribution is 4.51. The molecular weight excluding hydrogens is 127 g/mol. The van der Waals surface area contributed by atoms with E-state index in [2.05, 4.69) is 0 Å². The van der Waals surface area contributed by atoms with Crippen LogP contribution in [0.1, 0.15) is 58.8 Å². The lowest BCUT2D eigenvalue weighted by Crippen LogP contribution is -1.85. The lowest BCUT2D eigenvalue weighted by atomic mass is 10.0. The topological polar surface area (TPSA) is 0 Å². The highest BCUT2D eigenvalue weighted by atomic mass is 19.0. The van der Waals surface area contributed by atoms with Gasteiger partial charge < -0.3 is 0 Å². The van der Waals surface area contributed by atoms with Crippen molar-refractivity contribution in [1.82, 2.24) is 0 Å². The van der Waals surface area contributed by atoms with Crippen LogP contribution >= 0.6 is 0 Å². The van der Waals surface area contributed by atoms with Crippen molar-refractivity contribution in [3.05, 3.63) is 0 Å². The van der Waals surface area contributed by atoms with E-state index in [9.17, 15) is 0 Å². The van der Waals surface area contributed by atoms with E-state index in [0.717, 1.165) is 0 Å². The molecule has 1 aliphatic carbocycles. The van der Waals surface area contributed by atoms with Gasteiger partial charge in [0.05, 0.1) is 0 Å². The molecule has 0 aromatic rings. The Morgan fingerprint density at radius 1 is 0.400 bits per heavy atom. The minimum absolute atomic E-state index is 0. The van der Waals surface area contributed by atoms with Crippen LogP contribution in [0.25, 0.3) is 0 Å². The van der Waals surface area contributed by atoms with Gasteiger partial charge in [-0.05, 0) is 0 Å². The molecule has 0 aromatic carbocycles. The summed E-state index contributed by atoms with van der Waals surface area (Å²) in [6.45, 7) is 0. The molecule has 10 heavy (non-hydrogen) atoms. The molecular formula is C9H21F. The van der Waals surface area contributed by atoms with Crippen molar-refractivity contribution in [2.75, 3.05) is 0 Å². The fourth-order valence-electron chi connectivity index (χ4n) is 1.41. The Morgan fingerprint density at radius 3 is 0.600 bits per heavy atom. The largest absolute Gasteiger partial charge is 0.269 e. The molecule has 0 aromatic heterocycles. The van der Waals surface area contributed by atoms with Gasteiger partial charge in [0.15, 0.2) is 0 Å². The molecule has 0 spiro atoms. The molecule has 0 amide bonds. The van der Waals surface area contributed by atoms with Crippen LogP contribution in [0.5, 0.6) is 0 Å². The first-order chi connectivity index (χ1) is 4.00. The predicted molar refractivity (Wildman–Crippen MR) is 46.2 cm³/mol. The molecule has 0 nitrogen and oxygen atoms in total. The quantitative estimate of drug-likeness (QED) is 0.488. The maximum atomic E-state index is 1.50. The third-order valence-corrected chi connectivity index (χ3v) is 2.00. The Hall–Kier alpha value is -0.0700. The van der Waals surface area contributed by atoms with Gasteiger partial charge in [-0.25, -0.2) is 0 Å². The highest BCUT2D eigenvalue weighted by Gasteiger charge is 1.95. The lowest BCUT2D eigenvalue weighted by Gasteiger charge is -2.05. The van der Waals surface area contributed by atoms with Crippen LogP contribution in [-0.4, -0.2) is 0 Å². The summed E-state index contributed by atoms with van der Waals surface area (Å²) in [4.78, 5) is 0. The van der Waals surface area contributed by atoms with E-state index in [-0.39, 0.29) is 12.1 Å². The third kappa shape index (κ3) is 6.06. The molecule has 0 N–H and O–H groups in total. The molecule has 0 saturated heterocycles. The van der Waals surface area contributed by atoms with E-state index in [0.29, 0.717) is 0 Å². The van der Waals surface area contributed by atoms with Crippen molar-refractivity contribution in [2.45, 2.75) is 58.8 Å². The number of halogens is 1. The average molecular weight is 148 g/mol. The van der Waals surface area contributed by atoms with E-state index in [1.165, 1.54) is 51.4 Å². The summed E-state index contributed by atoms with van der Waals surface area (Å²) in [5.74, 6) is 0. The van der Waals surface area contributed by atoms with Crippen molar-refractivity contribution < 1.29 is 4.70 Å². The average Bonchev–Trinajstić information content (AvgIpc) is 1.62. The Kier molecular flexibility index (Phi) is 11.2. The lowest BCUT2D eigenvalue weighted by molar-refractivity contribution is 0.504. The Bertz CT molecular complexity index is 28.7. The van der Waals surface area contributed by atoms with Crippen molar-refractivity contribution in [1.29, 1.82) is 0 Å². The van der Waals surface area contributed by atoms with Gasteiger partial charge in [0.2, 0.25) is 0 Å². The smallest absolute Gasteiger partial charge is 0.0533 e. The van der Waals surface area contributed by atoms with Gasteiger partial charge in [0, 0.05) is 0 Å². The molecule has 1 aliphatic rings. The van der Waals surface area contributed by atoms with Gasteiger partial charge in [0.25, 0.3) is 0 Å². The van der Waals surface area contributed by atoms with Gasteiger partial charge in [-0.1, -0.05) is 58.8 Å². The zero-order valence-electron chi connectivity index (χ0n) is 6.07. The van der Waals surface area contributed by atoms with Crippen LogP contribution in [0.3, 0.4) is 0 Å². The maximum absolute atomic E-state index is 1.50. The monoisotopic (exact) mass is 148 g/mol. The second kappa shape index (κ2) is 8.93. The molecule has 1 heteroatoms. The first-order valence-corrected chi connectivity index (χ1v) is 4.00. The fraction of sp³-hybridized carbons (Fsp3) is 1.00. The molecule has 1 rings (SSSR count). The summed E-state index contributed by atoms with van der Waals surface area (Å²) in [7, 11) is 0. The molecule has 0 atom stereocenters. The zero-order chi connectivity index (χ0) is 5.66.